The molecule has 0 saturated carbocycles. The summed E-state index contributed by atoms with van der Waals surface area (Å²) in [7, 11) is 0. The van der Waals surface area contributed by atoms with E-state index in [4.69, 9.17) is 4.74 Å². The third kappa shape index (κ3) is 6.30. The van der Waals surface area contributed by atoms with E-state index in [1.807, 2.05) is 48.7 Å². The maximum absolute atomic E-state index is 13.8. The first kappa shape index (κ1) is 24.1. The number of ether oxygens (including phenoxy) is 1. The van der Waals surface area contributed by atoms with Crippen LogP contribution in [0, 0.1) is 12.7 Å². The fraction of sp³-hybridized carbons (Fsp3) is 0.333. The quantitative estimate of drug-likeness (QED) is 0.431. The number of halogens is 1. The van der Waals surface area contributed by atoms with Crippen LogP contribution in [-0.2, 0) is 22.6 Å². The van der Waals surface area contributed by atoms with Crippen LogP contribution in [0.15, 0.2) is 66.0 Å². The molecule has 1 aliphatic heterocycles. The highest BCUT2D eigenvalue weighted by Gasteiger charge is 2.27. The normalized spacial score (nSPS) is 15.3. The van der Waals surface area contributed by atoms with Crippen LogP contribution >= 0.6 is 11.3 Å². The Morgan fingerprint density at radius 1 is 1.06 bits per heavy atom. The van der Waals surface area contributed by atoms with Crippen molar-refractivity contribution in [2.75, 3.05) is 19.7 Å². The van der Waals surface area contributed by atoms with E-state index < -0.39 is 5.82 Å². The Hall–Kier alpha value is -3.03. The van der Waals surface area contributed by atoms with Gasteiger partial charge in [0.2, 0.25) is 5.91 Å². The number of thiophene rings is 1. The summed E-state index contributed by atoms with van der Waals surface area (Å²) in [6.45, 7) is 3.81. The van der Waals surface area contributed by atoms with Gasteiger partial charge in [0, 0.05) is 30.1 Å². The molecule has 0 N–H and O–H groups in total. The summed E-state index contributed by atoms with van der Waals surface area (Å²) in [5, 5.41) is 2.02. The standard InChI is InChI=1S/C27H29FN2O3S/c1-20-12-14-34-25(20)18-29(16-21-7-3-2-4-8-21)26(31)19-30(17-24-11-6-13-33-24)27(32)22-9-5-10-23(28)15-22/h2-5,7-10,12,14-15,24H,6,11,13,16-19H2,1H3. The van der Waals surface area contributed by atoms with Gasteiger partial charge < -0.3 is 14.5 Å². The number of carbonyl (C=O) groups is 2. The fourth-order valence-corrected chi connectivity index (χ4v) is 5.02. The second-order valence-electron chi connectivity index (χ2n) is 8.59. The van der Waals surface area contributed by atoms with Crippen LogP contribution in [0.25, 0.3) is 0 Å². The van der Waals surface area contributed by atoms with E-state index in [-0.39, 0.29) is 30.0 Å². The van der Waals surface area contributed by atoms with Crippen molar-refractivity contribution in [1.29, 1.82) is 0 Å². The van der Waals surface area contributed by atoms with E-state index in [1.165, 1.54) is 23.1 Å². The maximum Gasteiger partial charge on any atom is 0.254 e. The van der Waals surface area contributed by atoms with Gasteiger partial charge in [-0.2, -0.15) is 0 Å². The Morgan fingerprint density at radius 3 is 2.56 bits per heavy atom. The van der Waals surface area contributed by atoms with E-state index in [2.05, 4.69) is 0 Å². The molecule has 3 aromatic rings. The number of hydrogen-bond acceptors (Lipinski definition) is 4. The molecule has 0 radical (unpaired) electrons. The summed E-state index contributed by atoms with van der Waals surface area (Å²) in [6, 6.07) is 17.5. The van der Waals surface area contributed by atoms with Gasteiger partial charge in [0.1, 0.15) is 12.4 Å². The summed E-state index contributed by atoms with van der Waals surface area (Å²) in [5.74, 6) is -0.997. The molecule has 2 amide bonds. The number of hydrogen-bond donors (Lipinski definition) is 0. The number of nitrogens with zero attached hydrogens (tertiary/aromatic N) is 2. The predicted octanol–water partition coefficient (Wildman–Crippen LogP) is 5.05. The van der Waals surface area contributed by atoms with Crippen molar-refractivity contribution in [1.82, 2.24) is 9.80 Å². The van der Waals surface area contributed by atoms with Crippen LogP contribution in [0.5, 0.6) is 0 Å². The number of rotatable bonds is 9. The molecule has 0 bridgehead atoms. The predicted molar refractivity (Wildman–Crippen MR) is 131 cm³/mol. The highest BCUT2D eigenvalue weighted by atomic mass is 32.1. The molecule has 5 nitrogen and oxygen atoms in total. The highest BCUT2D eigenvalue weighted by molar-refractivity contribution is 7.10. The molecule has 0 spiro atoms. The third-order valence-corrected chi connectivity index (χ3v) is 7.01. The minimum absolute atomic E-state index is 0.0908. The van der Waals surface area contributed by atoms with Gasteiger partial charge in [0.05, 0.1) is 12.6 Å². The summed E-state index contributed by atoms with van der Waals surface area (Å²) < 4.78 is 19.5. The first-order valence-electron chi connectivity index (χ1n) is 11.5. The van der Waals surface area contributed by atoms with Crippen molar-refractivity contribution in [3.05, 3.63) is 93.4 Å². The van der Waals surface area contributed by atoms with Crippen LogP contribution < -0.4 is 0 Å². The maximum atomic E-state index is 13.8. The Kier molecular flexibility index (Phi) is 8.08. The van der Waals surface area contributed by atoms with Gasteiger partial charge in [0.15, 0.2) is 0 Å². The number of carbonyl (C=O) groups excluding carboxylic acids is 2. The van der Waals surface area contributed by atoms with Crippen molar-refractivity contribution in [3.8, 4) is 0 Å². The monoisotopic (exact) mass is 480 g/mol. The lowest BCUT2D eigenvalue weighted by atomic mass is 10.1. The average molecular weight is 481 g/mol. The summed E-state index contributed by atoms with van der Waals surface area (Å²) in [6.07, 6.45) is 1.65. The van der Waals surface area contributed by atoms with Crippen molar-refractivity contribution in [2.24, 2.45) is 0 Å². The zero-order valence-electron chi connectivity index (χ0n) is 19.3. The minimum atomic E-state index is -0.479. The molecular formula is C27H29FN2O3S. The van der Waals surface area contributed by atoms with Crippen molar-refractivity contribution < 1.29 is 18.7 Å². The first-order chi connectivity index (χ1) is 16.5. The molecule has 4 rings (SSSR count). The van der Waals surface area contributed by atoms with Crippen LogP contribution in [0.3, 0.4) is 0 Å². The van der Waals surface area contributed by atoms with E-state index in [1.54, 1.807) is 22.3 Å². The van der Waals surface area contributed by atoms with Crippen LogP contribution in [-0.4, -0.2) is 47.4 Å². The fourth-order valence-electron chi connectivity index (χ4n) is 4.10. The van der Waals surface area contributed by atoms with Gasteiger partial charge in [-0.05, 0) is 60.5 Å². The molecule has 2 aromatic carbocycles. The van der Waals surface area contributed by atoms with Gasteiger partial charge in [-0.25, -0.2) is 4.39 Å². The molecule has 0 aliphatic carbocycles. The van der Waals surface area contributed by atoms with Gasteiger partial charge in [-0.1, -0.05) is 36.4 Å². The molecule has 34 heavy (non-hydrogen) atoms. The Bertz CT molecular complexity index is 1110. The molecule has 2 heterocycles. The smallest absolute Gasteiger partial charge is 0.254 e. The molecule has 1 fully saturated rings. The van der Waals surface area contributed by atoms with Gasteiger partial charge >= 0.3 is 0 Å². The zero-order valence-corrected chi connectivity index (χ0v) is 20.1. The van der Waals surface area contributed by atoms with E-state index in [0.29, 0.717) is 26.2 Å². The SMILES string of the molecule is Cc1ccsc1CN(Cc1ccccc1)C(=O)CN(CC1CCCO1)C(=O)c1cccc(F)c1. The van der Waals surface area contributed by atoms with Crippen molar-refractivity contribution >= 4 is 23.2 Å². The summed E-state index contributed by atoms with van der Waals surface area (Å²) in [5.41, 5.74) is 2.39. The van der Waals surface area contributed by atoms with Crippen LogP contribution in [0.1, 0.15) is 39.2 Å². The lowest BCUT2D eigenvalue weighted by Crippen LogP contribution is -2.45. The van der Waals surface area contributed by atoms with Crippen molar-refractivity contribution in [2.45, 2.75) is 39.0 Å². The molecule has 1 atom stereocenters. The second kappa shape index (κ2) is 11.4. The van der Waals surface area contributed by atoms with Crippen LogP contribution in [0.4, 0.5) is 4.39 Å². The van der Waals surface area contributed by atoms with E-state index >= 15 is 0 Å². The Labute approximate surface area is 203 Å². The largest absolute Gasteiger partial charge is 0.376 e. The lowest BCUT2D eigenvalue weighted by molar-refractivity contribution is -0.133. The number of amides is 2. The molecule has 178 valence electrons. The topological polar surface area (TPSA) is 49.9 Å². The highest BCUT2D eigenvalue weighted by Crippen LogP contribution is 2.21. The number of benzene rings is 2. The average Bonchev–Trinajstić information content (AvgIpc) is 3.50. The zero-order chi connectivity index (χ0) is 23.9. The summed E-state index contributed by atoms with van der Waals surface area (Å²) >= 11 is 1.62. The van der Waals surface area contributed by atoms with Gasteiger partial charge in [-0.15, -0.1) is 11.3 Å². The van der Waals surface area contributed by atoms with Gasteiger partial charge in [-0.3, -0.25) is 9.59 Å². The van der Waals surface area contributed by atoms with E-state index in [9.17, 15) is 14.0 Å². The second-order valence-corrected chi connectivity index (χ2v) is 9.59. The third-order valence-electron chi connectivity index (χ3n) is 6.00. The van der Waals surface area contributed by atoms with Gasteiger partial charge in [0.25, 0.3) is 5.91 Å². The van der Waals surface area contributed by atoms with Crippen LogP contribution in [0.2, 0.25) is 0 Å². The molecule has 1 aliphatic rings. The molecule has 1 unspecified atom stereocenters. The molecule has 1 saturated heterocycles. The number of aryl methyl sites for hydroxylation is 1. The summed E-state index contributed by atoms with van der Waals surface area (Å²) in [4.78, 5) is 31.3. The minimum Gasteiger partial charge on any atom is -0.376 e. The Morgan fingerprint density at radius 2 is 1.88 bits per heavy atom. The van der Waals surface area contributed by atoms with Crippen molar-refractivity contribution in [3.63, 3.8) is 0 Å². The first-order valence-corrected chi connectivity index (χ1v) is 12.4. The molecular weight excluding hydrogens is 451 g/mol. The Balaban J connectivity index is 1.56. The lowest BCUT2D eigenvalue weighted by Gasteiger charge is -2.29. The molecule has 1 aromatic heterocycles. The van der Waals surface area contributed by atoms with E-state index in [0.717, 1.165) is 28.8 Å². The molecule has 7 heteroatoms.